The van der Waals surface area contributed by atoms with Crippen LogP contribution < -0.4 is 0 Å². The molecule has 0 aliphatic carbocycles. The Morgan fingerprint density at radius 3 is 2.23 bits per heavy atom. The van der Waals surface area contributed by atoms with Crippen LogP contribution in [0.25, 0.3) is 0 Å². The molecule has 2 heteroatoms. The van der Waals surface area contributed by atoms with E-state index >= 15 is 0 Å². The number of ether oxygens (including phenoxy) is 1. The highest BCUT2D eigenvalue weighted by atomic mass is 16.5. The van der Waals surface area contributed by atoms with E-state index in [0.717, 1.165) is 5.57 Å². The molecule has 0 aromatic rings. The third-order valence-electron chi connectivity index (χ3n) is 1.51. The largest absolute Gasteiger partial charge is 0.465 e. The number of hydrogen-bond donors (Lipinski definition) is 0. The fraction of sp³-hybridized carbons (Fsp3) is 0.727. The van der Waals surface area contributed by atoms with E-state index in [1.807, 2.05) is 40.7 Å². The van der Waals surface area contributed by atoms with Gasteiger partial charge in [0, 0.05) is 0 Å². The van der Waals surface area contributed by atoms with Gasteiger partial charge >= 0.3 is 5.97 Å². The molecule has 0 spiro atoms. The Balaban J connectivity index is 3.90. The van der Waals surface area contributed by atoms with Crippen molar-refractivity contribution in [2.24, 2.45) is 11.8 Å². The Hall–Kier alpha value is -0.790. The molecule has 1 atom stereocenters. The number of hydrogen-bond acceptors (Lipinski definition) is 2. The highest BCUT2D eigenvalue weighted by molar-refractivity contribution is 5.74. The van der Waals surface area contributed by atoms with Crippen LogP contribution in [-0.2, 0) is 9.53 Å². The molecule has 0 aliphatic rings. The third-order valence-corrected chi connectivity index (χ3v) is 1.51. The molecule has 0 radical (unpaired) electrons. The van der Waals surface area contributed by atoms with E-state index in [1.165, 1.54) is 0 Å². The van der Waals surface area contributed by atoms with Crippen LogP contribution >= 0.6 is 0 Å². The minimum atomic E-state index is -0.130. The molecule has 0 fully saturated rings. The van der Waals surface area contributed by atoms with Crippen molar-refractivity contribution in [3.8, 4) is 0 Å². The zero-order valence-electron chi connectivity index (χ0n) is 9.26. The summed E-state index contributed by atoms with van der Waals surface area (Å²) in [5.74, 6) is 0.154. The summed E-state index contributed by atoms with van der Waals surface area (Å²) < 4.78 is 5.08. The predicted molar refractivity (Wildman–Crippen MR) is 54.4 cm³/mol. The van der Waals surface area contributed by atoms with Crippen molar-refractivity contribution in [3.63, 3.8) is 0 Å². The molecular formula is C11H20O2. The molecule has 0 bridgehead atoms. The highest BCUT2D eigenvalue weighted by Crippen LogP contribution is 2.05. The first-order valence-corrected chi connectivity index (χ1v) is 4.75. The second-order valence-corrected chi connectivity index (χ2v) is 4.06. The zero-order chi connectivity index (χ0) is 10.4. The lowest BCUT2D eigenvalue weighted by Gasteiger charge is -2.10. The first kappa shape index (κ1) is 12.2. The number of carbonyl (C=O) groups excluding carboxylic acids is 1. The van der Waals surface area contributed by atoms with Crippen LogP contribution in [0.3, 0.4) is 0 Å². The van der Waals surface area contributed by atoms with Gasteiger partial charge < -0.3 is 4.74 Å². The average molecular weight is 184 g/mol. The molecule has 0 N–H and O–H groups in total. The molecule has 0 aromatic heterocycles. The molecule has 0 saturated heterocycles. The Labute approximate surface area is 81.0 Å². The molecule has 0 rings (SSSR count). The fourth-order valence-corrected chi connectivity index (χ4v) is 0.948. The van der Waals surface area contributed by atoms with Gasteiger partial charge in [0.05, 0.1) is 12.5 Å². The highest BCUT2D eigenvalue weighted by Gasteiger charge is 2.11. The van der Waals surface area contributed by atoms with Crippen LogP contribution in [0.15, 0.2) is 11.6 Å². The first-order chi connectivity index (χ1) is 5.93. The number of esters is 1. The monoisotopic (exact) mass is 184 g/mol. The van der Waals surface area contributed by atoms with Gasteiger partial charge in [-0.15, -0.1) is 0 Å². The number of rotatable bonds is 4. The van der Waals surface area contributed by atoms with Gasteiger partial charge in [-0.3, -0.25) is 4.79 Å². The van der Waals surface area contributed by atoms with Crippen molar-refractivity contribution in [1.29, 1.82) is 0 Å². The minimum Gasteiger partial charge on any atom is -0.465 e. The Morgan fingerprint density at radius 2 is 1.85 bits per heavy atom. The Bertz CT molecular complexity index is 188. The molecule has 0 amide bonds. The van der Waals surface area contributed by atoms with Crippen molar-refractivity contribution in [2.75, 3.05) is 6.61 Å². The normalized spacial score (nSPS) is 12.5. The van der Waals surface area contributed by atoms with Crippen molar-refractivity contribution in [2.45, 2.75) is 34.6 Å². The lowest BCUT2D eigenvalue weighted by atomic mass is 10.1. The maximum absolute atomic E-state index is 11.3. The standard InChI is InChI=1S/C11H20O2/c1-8(2)6-10(5)11(12)13-7-9(3)4/h6,9-10H,7H2,1-5H3/t10-/m0/s1. The molecular weight excluding hydrogens is 164 g/mol. The number of carbonyl (C=O) groups is 1. The fourth-order valence-electron chi connectivity index (χ4n) is 0.948. The maximum Gasteiger partial charge on any atom is 0.312 e. The van der Waals surface area contributed by atoms with Crippen LogP contribution in [0.1, 0.15) is 34.6 Å². The van der Waals surface area contributed by atoms with Crippen LogP contribution in [0, 0.1) is 11.8 Å². The van der Waals surface area contributed by atoms with E-state index in [2.05, 4.69) is 0 Å². The van der Waals surface area contributed by atoms with Crippen molar-refractivity contribution in [1.82, 2.24) is 0 Å². The third kappa shape index (κ3) is 6.38. The first-order valence-electron chi connectivity index (χ1n) is 4.75. The maximum atomic E-state index is 11.3. The molecule has 2 nitrogen and oxygen atoms in total. The van der Waals surface area contributed by atoms with E-state index in [0.29, 0.717) is 12.5 Å². The summed E-state index contributed by atoms with van der Waals surface area (Å²) in [7, 11) is 0. The van der Waals surface area contributed by atoms with Crippen LogP contribution in [0.2, 0.25) is 0 Å². The summed E-state index contributed by atoms with van der Waals surface area (Å²) in [4.78, 5) is 11.3. The average Bonchev–Trinajstić information content (AvgIpc) is 1.98. The molecule has 0 unspecified atom stereocenters. The summed E-state index contributed by atoms with van der Waals surface area (Å²) in [6, 6.07) is 0. The second kappa shape index (κ2) is 5.79. The van der Waals surface area contributed by atoms with E-state index in [4.69, 9.17) is 4.74 Å². The SMILES string of the molecule is CC(C)=C[C@H](C)C(=O)OCC(C)C. The molecule has 0 heterocycles. The second-order valence-electron chi connectivity index (χ2n) is 4.06. The summed E-state index contributed by atoms with van der Waals surface area (Å²) >= 11 is 0. The van der Waals surface area contributed by atoms with Crippen molar-refractivity contribution in [3.05, 3.63) is 11.6 Å². The topological polar surface area (TPSA) is 26.3 Å². The van der Waals surface area contributed by atoms with Gasteiger partial charge in [0.2, 0.25) is 0 Å². The van der Waals surface area contributed by atoms with E-state index in [1.54, 1.807) is 0 Å². The Morgan fingerprint density at radius 1 is 1.31 bits per heavy atom. The van der Waals surface area contributed by atoms with E-state index in [9.17, 15) is 4.79 Å². The van der Waals surface area contributed by atoms with Crippen LogP contribution in [0.5, 0.6) is 0 Å². The summed E-state index contributed by atoms with van der Waals surface area (Å²) in [6.45, 7) is 10.4. The van der Waals surface area contributed by atoms with Gasteiger partial charge in [-0.25, -0.2) is 0 Å². The zero-order valence-corrected chi connectivity index (χ0v) is 9.26. The van der Waals surface area contributed by atoms with Crippen LogP contribution in [-0.4, -0.2) is 12.6 Å². The smallest absolute Gasteiger partial charge is 0.312 e. The minimum absolute atomic E-state index is 0.122. The molecule has 0 aromatic carbocycles. The van der Waals surface area contributed by atoms with E-state index in [-0.39, 0.29) is 11.9 Å². The lowest BCUT2D eigenvalue weighted by molar-refractivity contribution is -0.147. The van der Waals surface area contributed by atoms with Crippen molar-refractivity contribution < 1.29 is 9.53 Å². The summed E-state index contributed by atoms with van der Waals surface area (Å²) in [5, 5.41) is 0. The van der Waals surface area contributed by atoms with E-state index < -0.39 is 0 Å². The Kier molecular flexibility index (Phi) is 5.44. The molecule has 0 aliphatic heterocycles. The molecule has 76 valence electrons. The van der Waals surface area contributed by atoms with Gasteiger partial charge in [0.15, 0.2) is 0 Å². The lowest BCUT2D eigenvalue weighted by Crippen LogP contribution is -2.16. The summed E-state index contributed by atoms with van der Waals surface area (Å²) in [5.41, 5.74) is 1.15. The number of allylic oxidation sites excluding steroid dienone is 1. The molecule has 13 heavy (non-hydrogen) atoms. The van der Waals surface area contributed by atoms with Gasteiger partial charge in [-0.2, -0.15) is 0 Å². The van der Waals surface area contributed by atoms with Gasteiger partial charge in [0.25, 0.3) is 0 Å². The predicted octanol–water partition coefficient (Wildman–Crippen LogP) is 2.79. The van der Waals surface area contributed by atoms with Crippen LogP contribution in [0.4, 0.5) is 0 Å². The summed E-state index contributed by atoms with van der Waals surface area (Å²) in [6.07, 6.45) is 1.92. The quantitative estimate of drug-likeness (QED) is 0.496. The van der Waals surface area contributed by atoms with Gasteiger partial charge in [-0.1, -0.05) is 25.5 Å². The van der Waals surface area contributed by atoms with Crippen molar-refractivity contribution >= 4 is 5.97 Å². The molecule has 0 saturated carbocycles. The van der Waals surface area contributed by atoms with Gasteiger partial charge in [0.1, 0.15) is 0 Å². The van der Waals surface area contributed by atoms with Gasteiger partial charge in [-0.05, 0) is 26.7 Å².